The van der Waals surface area contributed by atoms with Crippen LogP contribution >= 0.6 is 11.6 Å². The van der Waals surface area contributed by atoms with E-state index < -0.39 is 12.7 Å². The van der Waals surface area contributed by atoms with Gasteiger partial charge >= 0.3 is 6.18 Å². The van der Waals surface area contributed by atoms with E-state index in [2.05, 4.69) is 16.4 Å². The molecule has 1 atom stereocenters. The number of anilines is 1. The second-order valence-corrected chi connectivity index (χ2v) is 6.64. The monoisotopic (exact) mass is 368 g/mol. The van der Waals surface area contributed by atoms with Crippen LogP contribution in [0.1, 0.15) is 12.0 Å². The van der Waals surface area contributed by atoms with Gasteiger partial charge in [0.15, 0.2) is 0 Å². The summed E-state index contributed by atoms with van der Waals surface area (Å²) in [5.41, 5.74) is 1.72. The minimum Gasteiger partial charge on any atom is -0.383 e. The van der Waals surface area contributed by atoms with Crippen molar-refractivity contribution in [1.29, 1.82) is 5.26 Å². The van der Waals surface area contributed by atoms with Crippen LogP contribution in [0, 0.1) is 17.2 Å². The van der Waals surface area contributed by atoms with Crippen LogP contribution in [0.4, 0.5) is 18.9 Å². The van der Waals surface area contributed by atoms with Gasteiger partial charge in [0.05, 0.1) is 23.3 Å². The Bertz CT molecular complexity index is 816. The van der Waals surface area contributed by atoms with Gasteiger partial charge in [-0.05, 0) is 37.1 Å². The van der Waals surface area contributed by atoms with Gasteiger partial charge < -0.3 is 5.32 Å². The molecule has 1 aliphatic rings. The Kier molecular flexibility index (Phi) is 5.02. The third-order valence-corrected chi connectivity index (χ3v) is 4.53. The van der Waals surface area contributed by atoms with Gasteiger partial charge in [-0.2, -0.15) is 18.4 Å². The number of halogens is 4. The maximum atomic E-state index is 12.5. The van der Waals surface area contributed by atoms with E-state index in [-0.39, 0.29) is 5.92 Å². The molecule has 4 nitrogen and oxygen atoms in total. The summed E-state index contributed by atoms with van der Waals surface area (Å²) in [5.74, 6) is 0.0938. The molecule has 1 aromatic carbocycles. The lowest BCUT2D eigenvalue weighted by Crippen LogP contribution is -2.33. The number of hydrogen-bond donors (Lipinski definition) is 1. The minimum absolute atomic E-state index is 0.0938. The number of hydrogen-bond acceptors (Lipinski definition) is 4. The van der Waals surface area contributed by atoms with Crippen molar-refractivity contribution < 1.29 is 13.2 Å². The molecule has 2 aromatic rings. The summed E-state index contributed by atoms with van der Waals surface area (Å²) in [6, 6.07) is 7.32. The SMILES string of the molecule is N#Cc1cnc2ccc(Cl)cc2c1NCC1CCN(CC(F)(F)F)C1. The summed E-state index contributed by atoms with van der Waals surface area (Å²) < 4.78 is 37.5. The van der Waals surface area contributed by atoms with Crippen LogP contribution in [0.15, 0.2) is 24.4 Å². The number of aromatic nitrogens is 1. The summed E-state index contributed by atoms with van der Waals surface area (Å²) in [6.45, 7) is 0.438. The number of alkyl halides is 3. The molecule has 0 bridgehead atoms. The smallest absolute Gasteiger partial charge is 0.383 e. The summed E-state index contributed by atoms with van der Waals surface area (Å²) in [4.78, 5) is 5.65. The first kappa shape index (κ1) is 17.8. The van der Waals surface area contributed by atoms with E-state index >= 15 is 0 Å². The third-order valence-electron chi connectivity index (χ3n) is 4.29. The maximum absolute atomic E-state index is 12.5. The van der Waals surface area contributed by atoms with Crippen LogP contribution in [-0.2, 0) is 0 Å². The molecule has 2 heterocycles. The molecule has 1 fully saturated rings. The zero-order chi connectivity index (χ0) is 18.0. The Morgan fingerprint density at radius 3 is 2.92 bits per heavy atom. The molecule has 0 saturated carbocycles. The van der Waals surface area contributed by atoms with E-state index in [1.807, 2.05) is 0 Å². The fourth-order valence-corrected chi connectivity index (χ4v) is 3.34. The molecular formula is C17H16ClF3N4. The second kappa shape index (κ2) is 7.06. The number of rotatable bonds is 4. The highest BCUT2D eigenvalue weighted by atomic mass is 35.5. The van der Waals surface area contributed by atoms with Gasteiger partial charge in [0.1, 0.15) is 6.07 Å². The normalized spacial score (nSPS) is 18.4. The highest BCUT2D eigenvalue weighted by Crippen LogP contribution is 2.29. The van der Waals surface area contributed by atoms with Crippen molar-refractivity contribution in [3.05, 3.63) is 35.0 Å². The summed E-state index contributed by atoms with van der Waals surface area (Å²) in [7, 11) is 0. The van der Waals surface area contributed by atoms with E-state index in [0.717, 1.165) is 5.39 Å². The average Bonchev–Trinajstić information content (AvgIpc) is 2.97. The van der Waals surface area contributed by atoms with Gasteiger partial charge in [-0.15, -0.1) is 0 Å². The van der Waals surface area contributed by atoms with E-state index in [4.69, 9.17) is 11.6 Å². The molecule has 0 spiro atoms. The highest BCUT2D eigenvalue weighted by molar-refractivity contribution is 6.31. The number of nitriles is 1. The quantitative estimate of drug-likeness (QED) is 0.884. The van der Waals surface area contributed by atoms with Gasteiger partial charge in [-0.3, -0.25) is 9.88 Å². The van der Waals surface area contributed by atoms with Gasteiger partial charge in [0, 0.05) is 29.7 Å². The first-order valence-electron chi connectivity index (χ1n) is 7.87. The van der Waals surface area contributed by atoms with E-state index in [0.29, 0.717) is 47.8 Å². The van der Waals surface area contributed by atoms with Crippen LogP contribution in [0.5, 0.6) is 0 Å². The van der Waals surface area contributed by atoms with Gasteiger partial charge in [0.2, 0.25) is 0 Å². The standard InChI is InChI=1S/C17H16ClF3N4/c18-13-1-2-15-14(5-13)16(12(6-22)8-23-15)24-7-11-3-4-25(9-11)10-17(19,20)21/h1-2,5,8,11H,3-4,7,9-10H2,(H,23,24). The molecule has 1 aliphatic heterocycles. The molecule has 25 heavy (non-hydrogen) atoms. The lowest BCUT2D eigenvalue weighted by atomic mass is 10.1. The van der Waals surface area contributed by atoms with E-state index in [1.165, 1.54) is 11.1 Å². The van der Waals surface area contributed by atoms with Gasteiger partial charge in [-0.25, -0.2) is 0 Å². The van der Waals surface area contributed by atoms with Crippen molar-refractivity contribution in [2.24, 2.45) is 5.92 Å². The maximum Gasteiger partial charge on any atom is 0.401 e. The molecule has 1 N–H and O–H groups in total. The zero-order valence-electron chi connectivity index (χ0n) is 13.3. The Balaban J connectivity index is 1.73. The first-order chi connectivity index (χ1) is 11.9. The Hall–Kier alpha value is -2.04. The number of nitrogens with one attached hydrogen (secondary N) is 1. The molecule has 0 amide bonds. The molecule has 1 aromatic heterocycles. The molecule has 1 saturated heterocycles. The lowest BCUT2D eigenvalue weighted by Gasteiger charge is -2.18. The summed E-state index contributed by atoms with van der Waals surface area (Å²) in [6.07, 6.45) is -1.99. The fraction of sp³-hybridized carbons (Fsp3) is 0.412. The Morgan fingerprint density at radius 1 is 1.40 bits per heavy atom. The lowest BCUT2D eigenvalue weighted by molar-refractivity contribution is -0.143. The van der Waals surface area contributed by atoms with Crippen molar-refractivity contribution in [2.45, 2.75) is 12.6 Å². The van der Waals surface area contributed by atoms with Gasteiger partial charge in [-0.1, -0.05) is 11.6 Å². The van der Waals surface area contributed by atoms with Crippen LogP contribution in [-0.4, -0.2) is 42.2 Å². The van der Waals surface area contributed by atoms with Crippen molar-refractivity contribution in [3.8, 4) is 6.07 Å². The summed E-state index contributed by atoms with van der Waals surface area (Å²) in [5, 5.41) is 13.8. The predicted molar refractivity (Wildman–Crippen MR) is 90.6 cm³/mol. The summed E-state index contributed by atoms with van der Waals surface area (Å²) >= 11 is 6.04. The number of fused-ring (bicyclic) bond motifs is 1. The van der Waals surface area contributed by atoms with E-state index in [1.54, 1.807) is 18.2 Å². The van der Waals surface area contributed by atoms with Crippen LogP contribution < -0.4 is 5.32 Å². The highest BCUT2D eigenvalue weighted by Gasteiger charge is 2.34. The molecular weight excluding hydrogens is 353 g/mol. The topological polar surface area (TPSA) is 52.0 Å². The molecule has 132 valence electrons. The van der Waals surface area contributed by atoms with Crippen molar-refractivity contribution in [1.82, 2.24) is 9.88 Å². The van der Waals surface area contributed by atoms with E-state index in [9.17, 15) is 18.4 Å². The fourth-order valence-electron chi connectivity index (χ4n) is 3.16. The van der Waals surface area contributed by atoms with Crippen LogP contribution in [0.3, 0.4) is 0 Å². The Labute approximate surface area is 148 Å². The van der Waals surface area contributed by atoms with Crippen molar-refractivity contribution >= 4 is 28.2 Å². The number of nitrogens with zero attached hydrogens (tertiary/aromatic N) is 3. The van der Waals surface area contributed by atoms with Crippen LogP contribution in [0.25, 0.3) is 10.9 Å². The third kappa shape index (κ3) is 4.33. The molecule has 8 heteroatoms. The van der Waals surface area contributed by atoms with Crippen LogP contribution in [0.2, 0.25) is 5.02 Å². The van der Waals surface area contributed by atoms with Gasteiger partial charge in [0.25, 0.3) is 0 Å². The molecule has 3 rings (SSSR count). The molecule has 0 aliphatic carbocycles. The van der Waals surface area contributed by atoms with Crippen molar-refractivity contribution in [3.63, 3.8) is 0 Å². The molecule has 0 radical (unpaired) electrons. The number of pyridine rings is 1. The zero-order valence-corrected chi connectivity index (χ0v) is 14.0. The number of benzene rings is 1. The van der Waals surface area contributed by atoms with Crippen molar-refractivity contribution in [2.75, 3.05) is 31.5 Å². The number of likely N-dealkylation sites (tertiary alicyclic amines) is 1. The second-order valence-electron chi connectivity index (χ2n) is 6.21. The minimum atomic E-state index is -4.17. The molecule has 1 unspecified atom stereocenters. The largest absolute Gasteiger partial charge is 0.401 e. The predicted octanol–water partition coefficient (Wildman–Crippen LogP) is 4.06. The Morgan fingerprint density at radius 2 is 2.20 bits per heavy atom. The average molecular weight is 369 g/mol. The first-order valence-corrected chi connectivity index (χ1v) is 8.25.